The number of furan rings is 1. The van der Waals surface area contributed by atoms with Crippen LogP contribution in [0.2, 0.25) is 0 Å². The quantitative estimate of drug-likeness (QED) is 0.593. The Balaban J connectivity index is 2.05. The summed E-state index contributed by atoms with van der Waals surface area (Å²) >= 11 is 0. The van der Waals surface area contributed by atoms with Gasteiger partial charge < -0.3 is 14.8 Å². The van der Waals surface area contributed by atoms with Gasteiger partial charge in [-0.3, -0.25) is 5.41 Å². The first kappa shape index (κ1) is 16.6. The van der Waals surface area contributed by atoms with Crippen LogP contribution >= 0.6 is 0 Å². The average Bonchev–Trinajstić information content (AvgIpc) is 3.03. The molecule has 25 heavy (non-hydrogen) atoms. The number of nitrogens with zero attached hydrogens (tertiary/aromatic N) is 1. The van der Waals surface area contributed by atoms with Crippen LogP contribution in [0.4, 0.5) is 14.5 Å². The summed E-state index contributed by atoms with van der Waals surface area (Å²) in [5.41, 5.74) is 1.04. The topological polar surface area (TPSA) is 99.2 Å². The molecule has 0 amide bonds. The van der Waals surface area contributed by atoms with Crippen molar-refractivity contribution in [2.24, 2.45) is 0 Å². The molecule has 2 aromatic heterocycles. The van der Waals surface area contributed by atoms with Gasteiger partial charge in [0, 0.05) is 28.4 Å². The molecule has 0 aliphatic heterocycles. The molecule has 8 heteroatoms. The fourth-order valence-corrected chi connectivity index (χ4v) is 2.42. The number of hydrogen-bond donors (Lipinski definition) is 3. The van der Waals surface area contributed by atoms with Crippen molar-refractivity contribution >= 4 is 28.3 Å². The zero-order valence-corrected chi connectivity index (χ0v) is 12.8. The third-order valence-electron chi connectivity index (χ3n) is 3.59. The number of anilines is 1. The number of aromatic carboxylic acids is 1. The highest BCUT2D eigenvalue weighted by molar-refractivity contribution is 6.19. The predicted molar refractivity (Wildman–Crippen MR) is 87.8 cm³/mol. The molecule has 0 bridgehead atoms. The molecule has 0 saturated carbocycles. The van der Waals surface area contributed by atoms with E-state index in [1.165, 1.54) is 12.5 Å². The number of halogens is 2. The number of benzene rings is 1. The fourth-order valence-electron chi connectivity index (χ4n) is 2.42. The molecule has 0 aliphatic rings. The normalized spacial score (nSPS) is 11.0. The van der Waals surface area contributed by atoms with Crippen molar-refractivity contribution in [1.29, 1.82) is 5.41 Å². The summed E-state index contributed by atoms with van der Waals surface area (Å²) in [7, 11) is 0. The minimum atomic E-state index is -2.63. The second-order valence-corrected chi connectivity index (χ2v) is 5.21. The van der Waals surface area contributed by atoms with Crippen LogP contribution in [0, 0.1) is 5.41 Å². The van der Waals surface area contributed by atoms with Crippen molar-refractivity contribution in [3.8, 4) is 0 Å². The summed E-state index contributed by atoms with van der Waals surface area (Å²) in [4.78, 5) is 14.8. The van der Waals surface area contributed by atoms with E-state index >= 15 is 0 Å². The number of carboxylic acids is 1. The van der Waals surface area contributed by atoms with Crippen molar-refractivity contribution in [2.75, 3.05) is 11.9 Å². The lowest BCUT2D eigenvalue weighted by Crippen LogP contribution is -2.15. The monoisotopic (exact) mass is 345 g/mol. The lowest BCUT2D eigenvalue weighted by atomic mass is 10.0. The number of nitrogens with one attached hydrogen (secondary N) is 2. The van der Waals surface area contributed by atoms with Crippen molar-refractivity contribution in [3.05, 3.63) is 59.6 Å². The van der Waals surface area contributed by atoms with Crippen LogP contribution in [0.3, 0.4) is 0 Å². The molecular weight excluding hydrogens is 332 g/mol. The molecular formula is C17H13F2N3O3. The van der Waals surface area contributed by atoms with Crippen LogP contribution in [0.25, 0.3) is 11.0 Å². The van der Waals surface area contributed by atoms with E-state index in [1.807, 2.05) is 0 Å². The first-order chi connectivity index (χ1) is 12.0. The summed E-state index contributed by atoms with van der Waals surface area (Å²) in [5.74, 6) is -1.29. The Hall–Kier alpha value is -3.29. The number of hydrogen-bond acceptors (Lipinski definition) is 5. The molecule has 1 aromatic carbocycles. The van der Waals surface area contributed by atoms with E-state index in [0.717, 1.165) is 6.07 Å². The highest BCUT2D eigenvalue weighted by Gasteiger charge is 2.18. The van der Waals surface area contributed by atoms with Gasteiger partial charge in [-0.05, 0) is 12.1 Å². The highest BCUT2D eigenvalue weighted by Crippen LogP contribution is 2.26. The Labute approximate surface area is 140 Å². The molecule has 0 fully saturated rings. The van der Waals surface area contributed by atoms with Crippen LogP contribution in [0.1, 0.15) is 21.6 Å². The number of aromatic nitrogens is 1. The molecule has 0 saturated heterocycles. The largest absolute Gasteiger partial charge is 0.477 e. The smallest absolute Gasteiger partial charge is 0.354 e. The first-order valence-corrected chi connectivity index (χ1v) is 7.28. The van der Waals surface area contributed by atoms with E-state index in [2.05, 4.69) is 10.3 Å². The maximum absolute atomic E-state index is 12.5. The number of fused-ring (bicyclic) bond motifs is 1. The molecule has 3 aromatic rings. The van der Waals surface area contributed by atoms with Gasteiger partial charge in [0.2, 0.25) is 0 Å². The Bertz CT molecular complexity index is 953. The van der Waals surface area contributed by atoms with Gasteiger partial charge in [-0.2, -0.15) is 0 Å². The minimum absolute atomic E-state index is 0.00819. The standard InChI is InChI=1S/C17H13F2N3O3/c18-15(19)7-22-12-5-13(17(23)24)21-6-10(12)16(20)11-8-25-14-4-2-1-3-9(11)14/h1-6,8,15,20H,7H2,(H,21,22)(H,23,24). The third kappa shape index (κ3) is 3.32. The van der Waals surface area contributed by atoms with Gasteiger partial charge in [-0.1, -0.05) is 18.2 Å². The van der Waals surface area contributed by atoms with Crippen LogP contribution in [-0.2, 0) is 0 Å². The van der Waals surface area contributed by atoms with E-state index in [1.54, 1.807) is 24.3 Å². The number of carbonyl (C=O) groups is 1. The summed E-state index contributed by atoms with van der Waals surface area (Å²) in [5, 5.41) is 20.6. The summed E-state index contributed by atoms with van der Waals surface area (Å²) in [6, 6.07) is 8.23. The van der Waals surface area contributed by atoms with Gasteiger partial charge in [0.25, 0.3) is 6.43 Å². The van der Waals surface area contributed by atoms with E-state index in [9.17, 15) is 13.6 Å². The number of pyridine rings is 1. The van der Waals surface area contributed by atoms with Gasteiger partial charge in [0.1, 0.15) is 17.5 Å². The number of para-hydroxylation sites is 1. The van der Waals surface area contributed by atoms with Crippen molar-refractivity contribution in [1.82, 2.24) is 4.98 Å². The Kier molecular flexibility index (Phi) is 4.42. The lowest BCUT2D eigenvalue weighted by Gasteiger charge is -2.12. The van der Waals surface area contributed by atoms with Gasteiger partial charge >= 0.3 is 5.97 Å². The summed E-state index contributed by atoms with van der Waals surface area (Å²) in [6.07, 6.45) is -0.0469. The number of carboxylic acid groups (broad SMARTS) is 1. The van der Waals surface area contributed by atoms with Gasteiger partial charge in [0.05, 0.1) is 12.3 Å². The molecule has 0 atom stereocenters. The minimum Gasteiger partial charge on any atom is -0.477 e. The van der Waals surface area contributed by atoms with E-state index in [4.69, 9.17) is 14.9 Å². The van der Waals surface area contributed by atoms with Gasteiger partial charge in [-0.15, -0.1) is 0 Å². The summed E-state index contributed by atoms with van der Waals surface area (Å²) in [6.45, 7) is -0.671. The van der Waals surface area contributed by atoms with Crippen molar-refractivity contribution in [3.63, 3.8) is 0 Å². The third-order valence-corrected chi connectivity index (χ3v) is 3.59. The number of rotatable bonds is 6. The average molecular weight is 345 g/mol. The number of alkyl halides is 2. The molecule has 0 unspecified atom stereocenters. The van der Waals surface area contributed by atoms with Crippen LogP contribution < -0.4 is 5.32 Å². The summed E-state index contributed by atoms with van der Waals surface area (Å²) < 4.78 is 30.5. The van der Waals surface area contributed by atoms with Crippen LogP contribution in [-0.4, -0.2) is 34.7 Å². The molecule has 0 aliphatic carbocycles. The van der Waals surface area contributed by atoms with Crippen LogP contribution in [0.5, 0.6) is 0 Å². The molecule has 2 heterocycles. The lowest BCUT2D eigenvalue weighted by molar-refractivity contribution is 0.0690. The fraction of sp³-hybridized carbons (Fsp3) is 0.118. The maximum Gasteiger partial charge on any atom is 0.354 e. The van der Waals surface area contributed by atoms with Gasteiger partial charge in [0.15, 0.2) is 0 Å². The second-order valence-electron chi connectivity index (χ2n) is 5.21. The molecule has 0 radical (unpaired) electrons. The first-order valence-electron chi connectivity index (χ1n) is 7.28. The molecule has 0 spiro atoms. The maximum atomic E-state index is 12.5. The van der Waals surface area contributed by atoms with Crippen LogP contribution in [0.15, 0.2) is 47.2 Å². The molecule has 3 N–H and O–H groups in total. The Morgan fingerprint density at radius 1 is 1.32 bits per heavy atom. The van der Waals surface area contributed by atoms with Crippen molar-refractivity contribution < 1.29 is 23.1 Å². The Morgan fingerprint density at radius 3 is 2.80 bits per heavy atom. The van der Waals surface area contributed by atoms with Crippen molar-refractivity contribution in [2.45, 2.75) is 6.43 Å². The molecule has 6 nitrogen and oxygen atoms in total. The zero-order chi connectivity index (χ0) is 18.0. The van der Waals surface area contributed by atoms with E-state index in [-0.39, 0.29) is 22.7 Å². The second kappa shape index (κ2) is 6.68. The molecule has 128 valence electrons. The zero-order valence-electron chi connectivity index (χ0n) is 12.8. The SMILES string of the molecule is N=C(c1cnc(C(=O)O)cc1NCC(F)F)c1coc2ccccc12. The van der Waals surface area contributed by atoms with E-state index < -0.39 is 18.9 Å². The highest BCUT2D eigenvalue weighted by atomic mass is 19.3. The van der Waals surface area contributed by atoms with Gasteiger partial charge in [-0.25, -0.2) is 18.6 Å². The molecule has 3 rings (SSSR count). The Morgan fingerprint density at radius 2 is 2.08 bits per heavy atom. The van der Waals surface area contributed by atoms with E-state index in [0.29, 0.717) is 16.5 Å². The predicted octanol–water partition coefficient (Wildman–Crippen LogP) is 3.62.